The summed E-state index contributed by atoms with van der Waals surface area (Å²) in [7, 11) is 0. The van der Waals surface area contributed by atoms with E-state index >= 15 is 0 Å². The maximum Gasteiger partial charge on any atom is 0.262 e. The largest absolute Gasteiger partial charge is 0.483 e. The van der Waals surface area contributed by atoms with Gasteiger partial charge in [0.25, 0.3) is 5.91 Å². The van der Waals surface area contributed by atoms with Crippen molar-refractivity contribution in [3.05, 3.63) is 53.9 Å². The Balaban J connectivity index is 1.48. The lowest BCUT2D eigenvalue weighted by Crippen LogP contribution is -2.30. The molecule has 0 radical (unpaired) electrons. The lowest BCUT2D eigenvalue weighted by molar-refractivity contribution is -0.118. The molecule has 6 heteroatoms. The number of fused-ring (bicyclic) bond motifs is 1. The summed E-state index contributed by atoms with van der Waals surface area (Å²) < 4.78 is 7.98. The fourth-order valence-corrected chi connectivity index (χ4v) is 4.29. The molecule has 1 N–H and O–H groups in total. The third-order valence-electron chi connectivity index (χ3n) is 5.83. The van der Waals surface area contributed by atoms with Crippen molar-refractivity contribution >= 4 is 22.6 Å². The Hall–Kier alpha value is -2.86. The van der Waals surface area contributed by atoms with Crippen molar-refractivity contribution in [2.45, 2.75) is 52.6 Å². The van der Waals surface area contributed by atoms with Gasteiger partial charge in [-0.1, -0.05) is 24.6 Å². The second-order valence-electron chi connectivity index (χ2n) is 8.63. The van der Waals surface area contributed by atoms with E-state index in [-0.39, 0.29) is 12.5 Å². The number of para-hydroxylation sites is 1. The van der Waals surface area contributed by atoms with Crippen molar-refractivity contribution in [2.24, 2.45) is 0 Å². The zero-order valence-corrected chi connectivity index (χ0v) is 18.7. The fraction of sp³-hybridized carbons (Fsp3) is 0.440. The van der Waals surface area contributed by atoms with Gasteiger partial charge in [-0.15, -0.1) is 0 Å². The number of imidazole rings is 1. The van der Waals surface area contributed by atoms with Gasteiger partial charge in [-0.2, -0.15) is 0 Å². The summed E-state index contributed by atoms with van der Waals surface area (Å²) in [5.74, 6) is 1.64. The summed E-state index contributed by atoms with van der Waals surface area (Å²) in [6.07, 6.45) is 3.86. The second kappa shape index (κ2) is 9.52. The molecule has 1 aromatic heterocycles. The Kier molecular flexibility index (Phi) is 6.56. The van der Waals surface area contributed by atoms with Crippen LogP contribution in [0.15, 0.2) is 42.5 Å². The summed E-state index contributed by atoms with van der Waals surface area (Å²) in [6.45, 7) is 9.49. The minimum absolute atomic E-state index is 0.0243. The van der Waals surface area contributed by atoms with Crippen molar-refractivity contribution < 1.29 is 9.53 Å². The van der Waals surface area contributed by atoms with Crippen LogP contribution >= 0.6 is 0 Å². The summed E-state index contributed by atoms with van der Waals surface area (Å²) in [4.78, 5) is 19.8. The van der Waals surface area contributed by atoms with Crippen LogP contribution in [0.25, 0.3) is 11.0 Å². The van der Waals surface area contributed by atoms with Gasteiger partial charge in [0, 0.05) is 11.7 Å². The molecule has 0 bridgehead atoms. The molecule has 1 saturated heterocycles. The number of nitrogens with one attached hydrogen (secondary N) is 1. The highest BCUT2D eigenvalue weighted by molar-refractivity contribution is 5.94. The van der Waals surface area contributed by atoms with Crippen LogP contribution in [0, 0.1) is 6.92 Å². The first-order valence-electron chi connectivity index (χ1n) is 11.2. The number of amides is 1. The van der Waals surface area contributed by atoms with Crippen molar-refractivity contribution in [3.63, 3.8) is 0 Å². The molecule has 0 atom stereocenters. The quantitative estimate of drug-likeness (QED) is 0.589. The zero-order valence-electron chi connectivity index (χ0n) is 18.7. The molecule has 1 aliphatic heterocycles. The van der Waals surface area contributed by atoms with Gasteiger partial charge in [-0.05, 0) is 76.5 Å². The molecule has 4 rings (SSSR count). The van der Waals surface area contributed by atoms with Crippen LogP contribution in [-0.2, 0) is 11.3 Å². The molecule has 3 aromatic rings. The molecular weight excluding hydrogens is 388 g/mol. The zero-order chi connectivity index (χ0) is 21.8. The van der Waals surface area contributed by atoms with E-state index in [9.17, 15) is 4.79 Å². The third kappa shape index (κ3) is 5.07. The molecule has 2 heterocycles. The van der Waals surface area contributed by atoms with Gasteiger partial charge in [0.1, 0.15) is 11.6 Å². The molecule has 6 nitrogen and oxygen atoms in total. The lowest BCUT2D eigenvalue weighted by atomic mass is 10.1. The number of nitrogens with zero attached hydrogens (tertiary/aromatic N) is 3. The molecular formula is C25H32N4O2. The van der Waals surface area contributed by atoms with Crippen LogP contribution in [0.3, 0.4) is 0 Å². The number of carbonyl (C=O) groups excluding carboxylic acids is 1. The number of hydrogen-bond acceptors (Lipinski definition) is 4. The minimum atomic E-state index is -0.181. The van der Waals surface area contributed by atoms with Crippen molar-refractivity contribution in [2.75, 3.05) is 25.0 Å². The van der Waals surface area contributed by atoms with Crippen LogP contribution < -0.4 is 10.1 Å². The van der Waals surface area contributed by atoms with Gasteiger partial charge in [0.2, 0.25) is 0 Å². The molecule has 0 aliphatic carbocycles. The SMILES string of the molecule is Cc1ccccc1OCC(=O)Nc1ccc2c(c1)nc(CN1CCCCC1)n2C(C)C. The lowest BCUT2D eigenvalue weighted by Gasteiger charge is -2.26. The number of piperidine rings is 1. The molecule has 0 saturated carbocycles. The summed E-state index contributed by atoms with van der Waals surface area (Å²) >= 11 is 0. The Morgan fingerprint density at radius 3 is 2.65 bits per heavy atom. The molecule has 2 aromatic carbocycles. The normalized spacial score (nSPS) is 14.8. The number of carbonyl (C=O) groups is 1. The average molecular weight is 421 g/mol. The van der Waals surface area contributed by atoms with E-state index in [1.165, 1.54) is 19.3 Å². The minimum Gasteiger partial charge on any atom is -0.483 e. The Bertz CT molecular complexity index is 1050. The Morgan fingerprint density at radius 2 is 1.90 bits per heavy atom. The maximum absolute atomic E-state index is 12.4. The summed E-state index contributed by atoms with van der Waals surface area (Å²) in [6, 6.07) is 14.0. The van der Waals surface area contributed by atoms with Gasteiger partial charge in [-0.3, -0.25) is 9.69 Å². The van der Waals surface area contributed by atoms with Gasteiger partial charge in [-0.25, -0.2) is 4.98 Å². The van der Waals surface area contributed by atoms with Crippen molar-refractivity contribution in [3.8, 4) is 5.75 Å². The first kappa shape index (κ1) is 21.4. The predicted octanol–water partition coefficient (Wildman–Crippen LogP) is 4.93. The van der Waals surface area contributed by atoms with Crippen molar-refractivity contribution in [1.29, 1.82) is 0 Å². The third-order valence-corrected chi connectivity index (χ3v) is 5.83. The number of aromatic nitrogens is 2. The van der Waals surface area contributed by atoms with Gasteiger partial charge < -0.3 is 14.6 Å². The molecule has 0 spiro atoms. The highest BCUT2D eigenvalue weighted by Gasteiger charge is 2.18. The van der Waals surface area contributed by atoms with E-state index < -0.39 is 0 Å². The topological polar surface area (TPSA) is 59.4 Å². The number of ether oxygens (including phenoxy) is 1. The maximum atomic E-state index is 12.4. The van der Waals surface area contributed by atoms with E-state index in [0.717, 1.165) is 53.5 Å². The van der Waals surface area contributed by atoms with Crippen molar-refractivity contribution in [1.82, 2.24) is 14.5 Å². The van der Waals surface area contributed by atoms with E-state index in [0.29, 0.717) is 6.04 Å². The van der Waals surface area contributed by atoms with Crippen LogP contribution in [0.1, 0.15) is 50.5 Å². The smallest absolute Gasteiger partial charge is 0.262 e. The predicted molar refractivity (Wildman–Crippen MR) is 125 cm³/mol. The van der Waals surface area contributed by atoms with Gasteiger partial charge >= 0.3 is 0 Å². The van der Waals surface area contributed by atoms with Crippen LogP contribution in [-0.4, -0.2) is 40.1 Å². The first-order chi connectivity index (χ1) is 15.0. The van der Waals surface area contributed by atoms with Gasteiger partial charge in [0.15, 0.2) is 6.61 Å². The van der Waals surface area contributed by atoms with Crippen LogP contribution in [0.2, 0.25) is 0 Å². The Morgan fingerprint density at radius 1 is 1.13 bits per heavy atom. The van der Waals surface area contributed by atoms with E-state index in [2.05, 4.69) is 34.7 Å². The van der Waals surface area contributed by atoms with Crippen LogP contribution in [0.4, 0.5) is 5.69 Å². The standard InChI is InChI=1S/C25H32N4O2/c1-18(2)29-22-12-11-20(26-25(30)17-31-23-10-6-5-9-19(23)3)15-21(22)27-24(29)16-28-13-7-4-8-14-28/h5-6,9-12,15,18H,4,7-8,13-14,16-17H2,1-3H3,(H,26,30). The highest BCUT2D eigenvalue weighted by Crippen LogP contribution is 2.26. The number of aryl methyl sites for hydroxylation is 1. The number of benzene rings is 2. The molecule has 1 aliphatic rings. The Labute approximate surface area is 184 Å². The number of anilines is 1. The summed E-state index contributed by atoms with van der Waals surface area (Å²) in [5, 5.41) is 2.94. The second-order valence-corrected chi connectivity index (χ2v) is 8.63. The van der Waals surface area contributed by atoms with E-state index in [4.69, 9.17) is 9.72 Å². The molecule has 31 heavy (non-hydrogen) atoms. The number of hydrogen-bond donors (Lipinski definition) is 1. The number of rotatable bonds is 7. The number of likely N-dealkylation sites (tertiary alicyclic amines) is 1. The van der Waals surface area contributed by atoms with E-state index in [1.807, 2.05) is 43.3 Å². The average Bonchev–Trinajstić information content (AvgIpc) is 3.11. The summed E-state index contributed by atoms with van der Waals surface area (Å²) in [5.41, 5.74) is 3.77. The first-order valence-corrected chi connectivity index (χ1v) is 11.2. The molecule has 164 valence electrons. The highest BCUT2D eigenvalue weighted by atomic mass is 16.5. The fourth-order valence-electron chi connectivity index (χ4n) is 4.29. The monoisotopic (exact) mass is 420 g/mol. The molecule has 1 fully saturated rings. The molecule has 1 amide bonds. The molecule has 0 unspecified atom stereocenters. The van der Waals surface area contributed by atoms with Crippen LogP contribution in [0.5, 0.6) is 5.75 Å². The van der Waals surface area contributed by atoms with Gasteiger partial charge in [0.05, 0.1) is 17.6 Å². The van der Waals surface area contributed by atoms with E-state index in [1.54, 1.807) is 0 Å².